The standard InChI is InChI=1S/C12H11N5O.C2H3F3O/c13-11-10-7(4-14-12(10)16-5-15-11)8-3-9(18-17-8)6-1-2-6;3-2(4,5)1-6/h3-6H,1-2H2,(H3,13,14,15,16);6H,1H2. The highest BCUT2D eigenvalue weighted by atomic mass is 19.4. The van der Waals surface area contributed by atoms with E-state index in [9.17, 15) is 13.2 Å². The number of hydrogen-bond acceptors (Lipinski definition) is 6. The lowest BCUT2D eigenvalue weighted by atomic mass is 10.1. The number of nitrogen functional groups attached to an aromatic ring is 1. The lowest BCUT2D eigenvalue weighted by Gasteiger charge is -1.96. The summed E-state index contributed by atoms with van der Waals surface area (Å²) in [4.78, 5) is 11.2. The Morgan fingerprint density at radius 2 is 2.04 bits per heavy atom. The van der Waals surface area contributed by atoms with Crippen molar-refractivity contribution in [3.05, 3.63) is 24.4 Å². The second kappa shape index (κ2) is 6.11. The molecule has 0 unspecified atom stereocenters. The van der Waals surface area contributed by atoms with Gasteiger partial charge in [0.15, 0.2) is 0 Å². The van der Waals surface area contributed by atoms with Crippen LogP contribution < -0.4 is 5.73 Å². The lowest BCUT2D eigenvalue weighted by molar-refractivity contribution is -0.159. The molecule has 7 nitrogen and oxygen atoms in total. The zero-order valence-corrected chi connectivity index (χ0v) is 12.3. The maximum atomic E-state index is 10.5. The molecule has 3 aromatic rings. The van der Waals surface area contributed by atoms with Crippen LogP contribution in [0.2, 0.25) is 0 Å². The quantitative estimate of drug-likeness (QED) is 0.660. The normalized spacial score (nSPS) is 14.5. The van der Waals surface area contributed by atoms with E-state index >= 15 is 0 Å². The predicted molar refractivity (Wildman–Crippen MR) is 78.9 cm³/mol. The van der Waals surface area contributed by atoms with Gasteiger partial charge in [-0.1, -0.05) is 5.16 Å². The molecule has 128 valence electrons. The number of alkyl halides is 3. The second-order valence-corrected chi connectivity index (χ2v) is 5.35. The van der Waals surface area contributed by atoms with Crippen molar-refractivity contribution in [1.29, 1.82) is 0 Å². The molecule has 0 saturated heterocycles. The number of nitrogens with one attached hydrogen (secondary N) is 1. The first-order valence-corrected chi connectivity index (χ1v) is 7.11. The number of fused-ring (bicyclic) bond motifs is 1. The Balaban J connectivity index is 0.000000246. The molecular formula is C14H14F3N5O2. The van der Waals surface area contributed by atoms with Crippen LogP contribution in [0.15, 0.2) is 23.1 Å². The van der Waals surface area contributed by atoms with Crippen LogP contribution in [0.25, 0.3) is 22.3 Å². The van der Waals surface area contributed by atoms with Gasteiger partial charge in [-0.25, -0.2) is 9.97 Å². The SMILES string of the molecule is Nc1ncnc2[nH]cc(-c3cc(C4CC4)on3)c12.OCC(F)(F)F. The molecule has 1 fully saturated rings. The first-order valence-electron chi connectivity index (χ1n) is 7.11. The van der Waals surface area contributed by atoms with E-state index < -0.39 is 12.8 Å². The Morgan fingerprint density at radius 3 is 2.67 bits per heavy atom. The number of H-pyrrole nitrogens is 1. The van der Waals surface area contributed by atoms with Gasteiger partial charge in [0.2, 0.25) is 0 Å². The molecule has 24 heavy (non-hydrogen) atoms. The summed E-state index contributed by atoms with van der Waals surface area (Å²) in [6.07, 6.45) is 1.25. The average molecular weight is 341 g/mol. The maximum Gasteiger partial charge on any atom is 0.411 e. The molecule has 4 rings (SSSR count). The number of nitrogens with two attached hydrogens (primary N) is 1. The fourth-order valence-corrected chi connectivity index (χ4v) is 2.17. The Morgan fingerprint density at radius 1 is 1.33 bits per heavy atom. The van der Waals surface area contributed by atoms with Gasteiger partial charge in [-0.3, -0.25) is 0 Å². The molecule has 0 bridgehead atoms. The first kappa shape index (κ1) is 16.2. The summed E-state index contributed by atoms with van der Waals surface area (Å²) in [7, 11) is 0. The van der Waals surface area contributed by atoms with Gasteiger partial charge >= 0.3 is 6.18 Å². The number of anilines is 1. The number of aliphatic hydroxyl groups is 1. The van der Waals surface area contributed by atoms with Crippen LogP contribution in [0.1, 0.15) is 24.5 Å². The van der Waals surface area contributed by atoms with E-state index in [-0.39, 0.29) is 0 Å². The van der Waals surface area contributed by atoms with Crippen molar-refractivity contribution in [3.63, 3.8) is 0 Å². The third-order valence-electron chi connectivity index (χ3n) is 3.46. The third-order valence-corrected chi connectivity index (χ3v) is 3.46. The highest BCUT2D eigenvalue weighted by Crippen LogP contribution is 2.41. The lowest BCUT2D eigenvalue weighted by Crippen LogP contribution is -2.12. The van der Waals surface area contributed by atoms with Crippen molar-refractivity contribution >= 4 is 16.9 Å². The Bertz CT molecular complexity index is 838. The summed E-state index contributed by atoms with van der Waals surface area (Å²) in [5, 5.41) is 12.2. The number of aromatic amines is 1. The molecule has 1 aliphatic carbocycles. The maximum absolute atomic E-state index is 10.5. The second-order valence-electron chi connectivity index (χ2n) is 5.35. The summed E-state index contributed by atoms with van der Waals surface area (Å²) < 4.78 is 37.0. The summed E-state index contributed by atoms with van der Waals surface area (Å²) >= 11 is 0. The van der Waals surface area contributed by atoms with Crippen LogP contribution in [-0.4, -0.2) is 38.0 Å². The van der Waals surface area contributed by atoms with Gasteiger partial charge < -0.3 is 20.3 Å². The molecule has 0 spiro atoms. The van der Waals surface area contributed by atoms with Gasteiger partial charge in [0.25, 0.3) is 0 Å². The minimum Gasteiger partial charge on any atom is -0.387 e. The van der Waals surface area contributed by atoms with E-state index in [2.05, 4.69) is 20.1 Å². The van der Waals surface area contributed by atoms with Gasteiger partial charge in [-0.2, -0.15) is 13.2 Å². The molecule has 1 saturated carbocycles. The van der Waals surface area contributed by atoms with Crippen LogP contribution in [0.3, 0.4) is 0 Å². The Labute approximate surface area is 133 Å². The fraction of sp³-hybridized carbons (Fsp3) is 0.357. The number of aromatic nitrogens is 4. The monoisotopic (exact) mass is 341 g/mol. The van der Waals surface area contributed by atoms with Gasteiger partial charge in [0, 0.05) is 23.7 Å². The molecule has 0 radical (unpaired) electrons. The Kier molecular flexibility index (Phi) is 4.14. The van der Waals surface area contributed by atoms with E-state index in [4.69, 9.17) is 15.4 Å². The smallest absolute Gasteiger partial charge is 0.387 e. The Hall–Kier alpha value is -2.62. The summed E-state index contributed by atoms with van der Waals surface area (Å²) in [5.41, 5.74) is 8.27. The molecule has 0 aliphatic heterocycles. The largest absolute Gasteiger partial charge is 0.411 e. The van der Waals surface area contributed by atoms with Gasteiger partial charge in [-0.15, -0.1) is 0 Å². The number of nitrogens with zero attached hydrogens (tertiary/aromatic N) is 3. The first-order chi connectivity index (χ1) is 11.4. The number of aliphatic hydroxyl groups excluding tert-OH is 1. The van der Waals surface area contributed by atoms with Crippen LogP contribution in [-0.2, 0) is 0 Å². The summed E-state index contributed by atoms with van der Waals surface area (Å²) in [5.74, 6) is 1.95. The minimum absolute atomic E-state index is 0.451. The number of hydrogen-bond donors (Lipinski definition) is 3. The van der Waals surface area contributed by atoms with Crippen molar-refractivity contribution in [2.24, 2.45) is 0 Å². The highest BCUT2D eigenvalue weighted by molar-refractivity contribution is 5.99. The van der Waals surface area contributed by atoms with E-state index in [1.807, 2.05) is 12.3 Å². The molecule has 3 aromatic heterocycles. The van der Waals surface area contributed by atoms with Crippen molar-refractivity contribution in [2.45, 2.75) is 24.9 Å². The topological polar surface area (TPSA) is 114 Å². The van der Waals surface area contributed by atoms with Gasteiger partial charge in [0.1, 0.15) is 35.9 Å². The molecule has 3 heterocycles. The zero-order valence-electron chi connectivity index (χ0n) is 12.3. The van der Waals surface area contributed by atoms with Crippen molar-refractivity contribution in [3.8, 4) is 11.3 Å². The molecule has 0 atom stereocenters. The van der Waals surface area contributed by atoms with Crippen LogP contribution in [0.5, 0.6) is 0 Å². The van der Waals surface area contributed by atoms with E-state index in [0.717, 1.165) is 22.4 Å². The van der Waals surface area contributed by atoms with Gasteiger partial charge in [0.05, 0.1) is 5.39 Å². The molecule has 4 N–H and O–H groups in total. The van der Waals surface area contributed by atoms with Gasteiger partial charge in [-0.05, 0) is 12.8 Å². The van der Waals surface area contributed by atoms with E-state index in [1.54, 1.807) is 0 Å². The number of rotatable bonds is 2. The third kappa shape index (κ3) is 3.48. The average Bonchev–Trinajstić information content (AvgIpc) is 3.10. The van der Waals surface area contributed by atoms with E-state index in [0.29, 0.717) is 17.4 Å². The summed E-state index contributed by atoms with van der Waals surface area (Å²) in [6.45, 7) is -1.73. The highest BCUT2D eigenvalue weighted by Gasteiger charge is 2.28. The van der Waals surface area contributed by atoms with E-state index in [1.165, 1.54) is 19.2 Å². The molecule has 10 heteroatoms. The predicted octanol–water partition coefficient (Wildman–Crippen LogP) is 2.61. The molecular weight excluding hydrogens is 327 g/mol. The van der Waals surface area contributed by atoms with Crippen molar-refractivity contribution in [1.82, 2.24) is 20.1 Å². The van der Waals surface area contributed by atoms with Crippen molar-refractivity contribution < 1.29 is 22.8 Å². The van der Waals surface area contributed by atoms with Crippen molar-refractivity contribution in [2.75, 3.05) is 12.3 Å². The van der Waals surface area contributed by atoms with Crippen LogP contribution in [0, 0.1) is 0 Å². The number of halogens is 3. The molecule has 0 aromatic carbocycles. The summed E-state index contributed by atoms with van der Waals surface area (Å²) in [6, 6.07) is 1.98. The molecule has 0 amide bonds. The fourth-order valence-electron chi connectivity index (χ4n) is 2.17. The zero-order chi connectivity index (χ0) is 17.3. The minimum atomic E-state index is -4.40. The van der Waals surface area contributed by atoms with Crippen LogP contribution >= 0.6 is 0 Å². The van der Waals surface area contributed by atoms with Crippen LogP contribution in [0.4, 0.5) is 19.0 Å². The molecule has 1 aliphatic rings.